The number of rotatable bonds is 4. The summed E-state index contributed by atoms with van der Waals surface area (Å²) in [4.78, 5) is 0. The van der Waals surface area contributed by atoms with Crippen LogP contribution in [0.25, 0.3) is 11.1 Å². The summed E-state index contributed by atoms with van der Waals surface area (Å²) in [5.74, 6) is 2.38. The number of halogens is 2. The zero-order valence-corrected chi connectivity index (χ0v) is 14.1. The summed E-state index contributed by atoms with van der Waals surface area (Å²) in [6.45, 7) is 0.567. The van der Waals surface area contributed by atoms with E-state index in [-0.39, 0.29) is 6.10 Å². The first-order valence-electron chi connectivity index (χ1n) is 7.92. The van der Waals surface area contributed by atoms with Crippen LogP contribution in [0.4, 0.5) is 0 Å². The van der Waals surface area contributed by atoms with E-state index in [2.05, 4.69) is 6.42 Å². The fourth-order valence-corrected chi connectivity index (χ4v) is 3.35. The predicted octanol–water partition coefficient (Wildman–Crippen LogP) is 5.80. The van der Waals surface area contributed by atoms with Crippen LogP contribution < -0.4 is 9.47 Å². The lowest BCUT2D eigenvalue weighted by atomic mass is 10.0. The van der Waals surface area contributed by atoms with Gasteiger partial charge in [0.25, 0.3) is 0 Å². The molecule has 1 saturated carbocycles. The van der Waals surface area contributed by atoms with Gasteiger partial charge in [-0.15, -0.1) is 0 Å². The van der Waals surface area contributed by atoms with Gasteiger partial charge in [-0.2, -0.15) is 0 Å². The van der Waals surface area contributed by atoms with E-state index in [4.69, 9.17) is 32.7 Å². The van der Waals surface area contributed by atoms with Crippen molar-refractivity contribution < 1.29 is 9.47 Å². The Hall–Kier alpha value is -1.38. The molecule has 2 aliphatic rings. The third-order valence-corrected chi connectivity index (χ3v) is 4.85. The Bertz CT molecular complexity index is 725. The van der Waals surface area contributed by atoms with Crippen molar-refractivity contribution in [3.8, 4) is 22.6 Å². The number of para-hydroxylation sites is 1. The molecule has 2 nitrogen and oxygen atoms in total. The van der Waals surface area contributed by atoms with Gasteiger partial charge in [0.15, 0.2) is 11.5 Å². The Morgan fingerprint density at radius 2 is 1.96 bits per heavy atom. The van der Waals surface area contributed by atoms with Crippen LogP contribution in [0.5, 0.6) is 11.5 Å². The first-order chi connectivity index (χ1) is 11.2. The average molecular weight is 348 g/mol. The van der Waals surface area contributed by atoms with Crippen LogP contribution in [0.15, 0.2) is 36.4 Å². The second kappa shape index (κ2) is 6.26. The van der Waals surface area contributed by atoms with E-state index in [1.165, 1.54) is 12.8 Å². The highest BCUT2D eigenvalue weighted by atomic mass is 35.5. The minimum atomic E-state index is -0.00433. The van der Waals surface area contributed by atoms with E-state index in [1.54, 1.807) is 6.07 Å². The molecular formula is C19H17Cl2O2. The standard InChI is InChI=1S/C19H17Cl2O2/c20-13-7-9-15(17(21)10-13)16-2-1-3-18-19(16)23-14(11-22-18)8-6-12-4-5-12/h1-3,7-10,12,14H,4-6,11H2. The summed E-state index contributed by atoms with van der Waals surface area (Å²) in [5, 5.41) is 1.23. The minimum absolute atomic E-state index is 0.00433. The molecule has 2 aromatic carbocycles. The molecule has 1 aliphatic heterocycles. The van der Waals surface area contributed by atoms with Gasteiger partial charge in [-0.25, -0.2) is 0 Å². The molecule has 2 aromatic rings. The molecule has 1 unspecified atom stereocenters. The molecule has 0 saturated heterocycles. The van der Waals surface area contributed by atoms with Crippen LogP contribution in [-0.2, 0) is 0 Å². The van der Waals surface area contributed by atoms with Gasteiger partial charge in [0.2, 0.25) is 0 Å². The molecule has 0 spiro atoms. The lowest BCUT2D eigenvalue weighted by Gasteiger charge is -2.28. The Morgan fingerprint density at radius 3 is 2.74 bits per heavy atom. The highest BCUT2D eigenvalue weighted by Crippen LogP contribution is 2.44. The SMILES string of the molecule is Clc1ccc(-c2cccc3c2OC([CH]CC2CC2)CO3)c(Cl)c1. The van der Waals surface area contributed by atoms with Crippen LogP contribution in [0, 0.1) is 12.3 Å². The van der Waals surface area contributed by atoms with E-state index < -0.39 is 0 Å². The Labute approximate surface area is 146 Å². The fraction of sp³-hybridized carbons (Fsp3) is 0.316. The molecular weight excluding hydrogens is 331 g/mol. The smallest absolute Gasteiger partial charge is 0.169 e. The molecule has 119 valence electrons. The number of ether oxygens (including phenoxy) is 2. The molecule has 0 bridgehead atoms. The summed E-state index contributed by atoms with van der Waals surface area (Å²) < 4.78 is 12.1. The summed E-state index contributed by atoms with van der Waals surface area (Å²) in [6.07, 6.45) is 6.02. The molecule has 0 amide bonds. The maximum absolute atomic E-state index is 6.37. The van der Waals surface area contributed by atoms with Gasteiger partial charge in [0.1, 0.15) is 12.7 Å². The quantitative estimate of drug-likeness (QED) is 0.695. The molecule has 0 aromatic heterocycles. The van der Waals surface area contributed by atoms with Crippen molar-refractivity contribution in [3.63, 3.8) is 0 Å². The molecule has 23 heavy (non-hydrogen) atoms. The summed E-state index contributed by atoms with van der Waals surface area (Å²) in [7, 11) is 0. The van der Waals surface area contributed by atoms with Crippen LogP contribution in [0.1, 0.15) is 19.3 Å². The van der Waals surface area contributed by atoms with Crippen molar-refractivity contribution >= 4 is 23.2 Å². The van der Waals surface area contributed by atoms with Crippen LogP contribution in [0.3, 0.4) is 0 Å². The molecule has 1 radical (unpaired) electrons. The molecule has 1 heterocycles. The largest absolute Gasteiger partial charge is 0.486 e. The van der Waals surface area contributed by atoms with E-state index in [0.29, 0.717) is 16.7 Å². The third kappa shape index (κ3) is 3.29. The highest BCUT2D eigenvalue weighted by Gasteiger charge is 2.28. The fourth-order valence-electron chi connectivity index (χ4n) is 2.84. The Balaban J connectivity index is 1.64. The van der Waals surface area contributed by atoms with Crippen molar-refractivity contribution in [3.05, 3.63) is 52.9 Å². The molecule has 4 rings (SSSR count). The monoisotopic (exact) mass is 347 g/mol. The van der Waals surface area contributed by atoms with Gasteiger partial charge in [-0.1, -0.05) is 54.2 Å². The lowest BCUT2D eigenvalue weighted by molar-refractivity contribution is 0.110. The zero-order chi connectivity index (χ0) is 15.8. The number of fused-ring (bicyclic) bond motifs is 1. The Kier molecular flexibility index (Phi) is 4.13. The average Bonchev–Trinajstić information content (AvgIpc) is 3.37. The maximum atomic E-state index is 6.37. The normalized spacial score (nSPS) is 19.7. The number of hydrogen-bond donors (Lipinski definition) is 0. The first-order valence-corrected chi connectivity index (χ1v) is 8.67. The van der Waals surface area contributed by atoms with E-state index in [0.717, 1.165) is 35.0 Å². The number of benzene rings is 2. The highest BCUT2D eigenvalue weighted by molar-refractivity contribution is 6.36. The van der Waals surface area contributed by atoms with Crippen LogP contribution in [0.2, 0.25) is 10.0 Å². The molecule has 1 fully saturated rings. The van der Waals surface area contributed by atoms with E-state index in [9.17, 15) is 0 Å². The van der Waals surface area contributed by atoms with Crippen LogP contribution >= 0.6 is 23.2 Å². The molecule has 0 N–H and O–H groups in total. The van der Waals surface area contributed by atoms with E-state index >= 15 is 0 Å². The molecule has 4 heteroatoms. The van der Waals surface area contributed by atoms with Crippen LogP contribution in [-0.4, -0.2) is 12.7 Å². The van der Waals surface area contributed by atoms with Gasteiger partial charge in [-0.05, 0) is 30.5 Å². The third-order valence-electron chi connectivity index (χ3n) is 4.30. The van der Waals surface area contributed by atoms with E-state index in [1.807, 2.05) is 30.3 Å². The summed E-state index contributed by atoms with van der Waals surface area (Å²) >= 11 is 12.4. The Morgan fingerprint density at radius 1 is 1.09 bits per heavy atom. The minimum Gasteiger partial charge on any atom is -0.486 e. The lowest BCUT2D eigenvalue weighted by Crippen LogP contribution is -2.30. The van der Waals surface area contributed by atoms with Crippen molar-refractivity contribution in [2.24, 2.45) is 5.92 Å². The van der Waals surface area contributed by atoms with Crippen molar-refractivity contribution in [1.82, 2.24) is 0 Å². The van der Waals surface area contributed by atoms with Crippen molar-refractivity contribution in [2.45, 2.75) is 25.4 Å². The predicted molar refractivity (Wildman–Crippen MR) is 93.5 cm³/mol. The van der Waals surface area contributed by atoms with Gasteiger partial charge < -0.3 is 9.47 Å². The zero-order valence-electron chi connectivity index (χ0n) is 12.6. The van der Waals surface area contributed by atoms with Gasteiger partial charge in [0.05, 0.1) is 5.02 Å². The van der Waals surface area contributed by atoms with Gasteiger partial charge in [0, 0.05) is 22.6 Å². The molecule has 1 aliphatic carbocycles. The van der Waals surface area contributed by atoms with Gasteiger partial charge >= 0.3 is 0 Å². The summed E-state index contributed by atoms with van der Waals surface area (Å²) in [6, 6.07) is 11.4. The topological polar surface area (TPSA) is 18.5 Å². The second-order valence-corrected chi connectivity index (χ2v) is 6.98. The summed E-state index contributed by atoms with van der Waals surface area (Å²) in [5.41, 5.74) is 1.84. The molecule has 1 atom stereocenters. The number of hydrogen-bond acceptors (Lipinski definition) is 2. The van der Waals surface area contributed by atoms with Gasteiger partial charge in [-0.3, -0.25) is 0 Å². The second-order valence-electron chi connectivity index (χ2n) is 6.14. The van der Waals surface area contributed by atoms with Crippen molar-refractivity contribution in [2.75, 3.05) is 6.61 Å². The maximum Gasteiger partial charge on any atom is 0.169 e. The van der Waals surface area contributed by atoms with Crippen molar-refractivity contribution in [1.29, 1.82) is 0 Å². The first kappa shape index (κ1) is 15.2.